The standard InChI is InChI=1S/C21H26F2N2O3S/c1-4-25(5-2)29(27,28)18-10-6-16(7-11-18)9-13-21(26)24(3)15-17-8-12-19(22)20(23)14-17/h6-8,10-12,14H,4-5,9,13,15H2,1-3H3. The molecule has 1 amide bonds. The number of sulfonamides is 1. The SMILES string of the molecule is CCN(CC)S(=O)(=O)c1ccc(CCC(=O)N(C)Cc2ccc(F)c(F)c2)cc1. The van der Waals surface area contributed by atoms with Crippen LogP contribution in [-0.4, -0.2) is 43.7 Å². The predicted octanol–water partition coefficient (Wildman–Crippen LogP) is 3.59. The lowest BCUT2D eigenvalue weighted by atomic mass is 10.1. The van der Waals surface area contributed by atoms with Gasteiger partial charge in [-0.1, -0.05) is 32.0 Å². The minimum Gasteiger partial charge on any atom is -0.341 e. The first-order chi connectivity index (χ1) is 13.7. The van der Waals surface area contributed by atoms with Crippen LogP contribution >= 0.6 is 0 Å². The second kappa shape index (κ2) is 9.93. The summed E-state index contributed by atoms with van der Waals surface area (Å²) in [6, 6.07) is 10.1. The zero-order valence-corrected chi connectivity index (χ0v) is 17.7. The predicted molar refractivity (Wildman–Crippen MR) is 108 cm³/mol. The number of rotatable bonds is 9. The van der Waals surface area contributed by atoms with Crippen molar-refractivity contribution < 1.29 is 22.0 Å². The lowest BCUT2D eigenvalue weighted by Gasteiger charge is -2.19. The van der Waals surface area contributed by atoms with E-state index in [1.165, 1.54) is 15.3 Å². The highest BCUT2D eigenvalue weighted by molar-refractivity contribution is 7.89. The molecule has 2 aromatic rings. The third-order valence-corrected chi connectivity index (χ3v) is 6.79. The molecule has 0 radical (unpaired) electrons. The van der Waals surface area contributed by atoms with Crippen molar-refractivity contribution >= 4 is 15.9 Å². The van der Waals surface area contributed by atoms with Gasteiger partial charge in [-0.3, -0.25) is 4.79 Å². The summed E-state index contributed by atoms with van der Waals surface area (Å²) in [5, 5.41) is 0. The van der Waals surface area contributed by atoms with Gasteiger partial charge in [0.15, 0.2) is 11.6 Å². The highest BCUT2D eigenvalue weighted by Gasteiger charge is 2.21. The zero-order valence-electron chi connectivity index (χ0n) is 16.9. The topological polar surface area (TPSA) is 57.7 Å². The Morgan fingerprint density at radius 2 is 1.52 bits per heavy atom. The fraction of sp³-hybridized carbons (Fsp3) is 0.381. The van der Waals surface area contributed by atoms with Crippen molar-refractivity contribution in [3.63, 3.8) is 0 Å². The largest absolute Gasteiger partial charge is 0.341 e. The summed E-state index contributed by atoms with van der Waals surface area (Å²) in [4.78, 5) is 14.0. The molecule has 5 nitrogen and oxygen atoms in total. The number of hydrogen-bond donors (Lipinski definition) is 0. The molecule has 0 fully saturated rings. The second-order valence-corrected chi connectivity index (χ2v) is 8.67. The molecular formula is C21H26F2N2O3S. The summed E-state index contributed by atoms with van der Waals surface area (Å²) >= 11 is 0. The minimum absolute atomic E-state index is 0.144. The van der Waals surface area contributed by atoms with Gasteiger partial charge in [-0.25, -0.2) is 17.2 Å². The van der Waals surface area contributed by atoms with Gasteiger partial charge < -0.3 is 4.90 Å². The van der Waals surface area contributed by atoms with Crippen LogP contribution in [0.15, 0.2) is 47.4 Å². The molecule has 0 bridgehead atoms. The first-order valence-corrected chi connectivity index (χ1v) is 10.9. The monoisotopic (exact) mass is 424 g/mol. The maximum absolute atomic E-state index is 13.3. The summed E-state index contributed by atoms with van der Waals surface area (Å²) in [5.74, 6) is -2.01. The third kappa shape index (κ3) is 5.83. The number of hydrogen-bond acceptors (Lipinski definition) is 3. The summed E-state index contributed by atoms with van der Waals surface area (Å²) in [5.41, 5.74) is 1.35. The number of halogens is 2. The molecule has 0 aliphatic carbocycles. The summed E-state index contributed by atoms with van der Waals surface area (Å²) in [6.07, 6.45) is 0.675. The molecular weight excluding hydrogens is 398 g/mol. The molecule has 0 aliphatic heterocycles. The molecule has 0 atom stereocenters. The Bertz CT molecular complexity index is 943. The van der Waals surface area contributed by atoms with Crippen LogP contribution in [0.25, 0.3) is 0 Å². The number of amides is 1. The maximum atomic E-state index is 13.3. The average Bonchev–Trinajstić information content (AvgIpc) is 2.70. The number of carbonyl (C=O) groups excluding carboxylic acids is 1. The summed E-state index contributed by atoms with van der Waals surface area (Å²) in [7, 11) is -1.90. The van der Waals surface area contributed by atoms with E-state index in [4.69, 9.17) is 0 Å². The Balaban J connectivity index is 1.95. The molecule has 158 valence electrons. The van der Waals surface area contributed by atoms with Gasteiger partial charge in [0.1, 0.15) is 0 Å². The number of carbonyl (C=O) groups is 1. The molecule has 2 aromatic carbocycles. The fourth-order valence-electron chi connectivity index (χ4n) is 2.98. The van der Waals surface area contributed by atoms with E-state index in [1.54, 1.807) is 45.2 Å². The number of benzene rings is 2. The Labute approximate surface area is 171 Å². The Morgan fingerprint density at radius 3 is 2.07 bits per heavy atom. The van der Waals surface area contributed by atoms with Crippen molar-refractivity contribution in [2.45, 2.75) is 38.1 Å². The van der Waals surface area contributed by atoms with Gasteiger partial charge in [-0.15, -0.1) is 0 Å². The first-order valence-electron chi connectivity index (χ1n) is 9.46. The molecule has 29 heavy (non-hydrogen) atoms. The van der Waals surface area contributed by atoms with Gasteiger partial charge in [-0.2, -0.15) is 4.31 Å². The van der Waals surface area contributed by atoms with E-state index in [2.05, 4.69) is 0 Å². The van der Waals surface area contributed by atoms with Crippen molar-refractivity contribution in [1.29, 1.82) is 0 Å². The van der Waals surface area contributed by atoms with Crippen LogP contribution in [0.2, 0.25) is 0 Å². The van der Waals surface area contributed by atoms with Gasteiger partial charge in [0.25, 0.3) is 0 Å². The summed E-state index contributed by atoms with van der Waals surface area (Å²) < 4.78 is 52.7. The number of aryl methyl sites for hydroxylation is 1. The highest BCUT2D eigenvalue weighted by atomic mass is 32.2. The second-order valence-electron chi connectivity index (χ2n) is 6.73. The number of nitrogens with zero attached hydrogens (tertiary/aromatic N) is 2. The summed E-state index contributed by atoms with van der Waals surface area (Å²) in [6.45, 7) is 4.56. The van der Waals surface area contributed by atoms with Crippen molar-refractivity contribution in [2.24, 2.45) is 0 Å². The lowest BCUT2D eigenvalue weighted by molar-refractivity contribution is -0.130. The van der Waals surface area contributed by atoms with E-state index < -0.39 is 21.7 Å². The van der Waals surface area contributed by atoms with Crippen LogP contribution in [0.4, 0.5) is 8.78 Å². The molecule has 0 heterocycles. The Hall–Kier alpha value is -2.32. The molecule has 0 saturated heterocycles. The highest BCUT2D eigenvalue weighted by Crippen LogP contribution is 2.17. The Kier molecular flexibility index (Phi) is 7.87. The van der Waals surface area contributed by atoms with Crippen molar-refractivity contribution in [1.82, 2.24) is 9.21 Å². The van der Waals surface area contributed by atoms with Gasteiger partial charge in [0.2, 0.25) is 15.9 Å². The Morgan fingerprint density at radius 1 is 0.931 bits per heavy atom. The maximum Gasteiger partial charge on any atom is 0.243 e. The molecule has 8 heteroatoms. The normalized spacial score (nSPS) is 11.7. The van der Waals surface area contributed by atoms with E-state index in [0.717, 1.165) is 17.7 Å². The lowest BCUT2D eigenvalue weighted by Crippen LogP contribution is -2.30. The van der Waals surface area contributed by atoms with Crippen LogP contribution in [0.5, 0.6) is 0 Å². The fourth-order valence-corrected chi connectivity index (χ4v) is 4.44. The van der Waals surface area contributed by atoms with Crippen molar-refractivity contribution in [2.75, 3.05) is 20.1 Å². The molecule has 0 aromatic heterocycles. The molecule has 0 N–H and O–H groups in total. The average molecular weight is 425 g/mol. The van der Waals surface area contributed by atoms with Crippen LogP contribution in [0, 0.1) is 11.6 Å². The van der Waals surface area contributed by atoms with Crippen LogP contribution in [0.1, 0.15) is 31.4 Å². The minimum atomic E-state index is -3.50. The van der Waals surface area contributed by atoms with E-state index in [-0.39, 0.29) is 23.8 Å². The van der Waals surface area contributed by atoms with Crippen molar-refractivity contribution in [3.05, 3.63) is 65.2 Å². The van der Waals surface area contributed by atoms with Gasteiger partial charge in [-0.05, 0) is 41.8 Å². The van der Waals surface area contributed by atoms with E-state index in [1.807, 2.05) is 0 Å². The third-order valence-electron chi connectivity index (χ3n) is 4.72. The van der Waals surface area contributed by atoms with Gasteiger partial charge in [0, 0.05) is 33.1 Å². The van der Waals surface area contributed by atoms with E-state index in [0.29, 0.717) is 25.1 Å². The van der Waals surface area contributed by atoms with Crippen LogP contribution < -0.4 is 0 Å². The van der Waals surface area contributed by atoms with Crippen molar-refractivity contribution in [3.8, 4) is 0 Å². The van der Waals surface area contributed by atoms with Crippen LogP contribution in [0.3, 0.4) is 0 Å². The first kappa shape index (κ1) is 23.0. The van der Waals surface area contributed by atoms with Gasteiger partial charge >= 0.3 is 0 Å². The molecule has 0 aliphatic rings. The smallest absolute Gasteiger partial charge is 0.243 e. The quantitative estimate of drug-likeness (QED) is 0.618. The van der Waals surface area contributed by atoms with Crippen LogP contribution in [-0.2, 0) is 27.8 Å². The molecule has 2 rings (SSSR count). The molecule has 0 saturated carbocycles. The van der Waals surface area contributed by atoms with E-state index >= 15 is 0 Å². The van der Waals surface area contributed by atoms with Gasteiger partial charge in [0.05, 0.1) is 4.90 Å². The zero-order chi connectivity index (χ0) is 21.6. The molecule has 0 unspecified atom stereocenters. The molecule has 0 spiro atoms. The van der Waals surface area contributed by atoms with E-state index in [9.17, 15) is 22.0 Å².